The van der Waals surface area contributed by atoms with Crippen LogP contribution < -0.4 is 9.47 Å². The number of halogens is 2. The van der Waals surface area contributed by atoms with Gasteiger partial charge in [0.15, 0.2) is 23.0 Å². The first-order valence-electron chi connectivity index (χ1n) is 11.6. The Morgan fingerprint density at radius 1 is 0.947 bits per heavy atom. The van der Waals surface area contributed by atoms with Gasteiger partial charge in [-0.15, -0.1) is 0 Å². The number of furan rings is 3. The number of benzene rings is 2. The standard InChI is InChI=1S/C29H20Cl2N2O5/c1-2-34-26-13-18(7-10-23(26)37-17-19-8-9-20(30)14-22(19)31)16-33-29-21(15-32)27(24-5-3-11-35-24)28(38-29)25-6-4-12-36-25/h3-14,16H,2,17H2,1H3. The summed E-state index contributed by atoms with van der Waals surface area (Å²) in [6.45, 7) is 2.57. The van der Waals surface area contributed by atoms with Gasteiger partial charge in [0.1, 0.15) is 24.0 Å². The minimum atomic E-state index is 0.126. The minimum absolute atomic E-state index is 0.126. The van der Waals surface area contributed by atoms with Crippen molar-refractivity contribution in [2.75, 3.05) is 6.61 Å². The van der Waals surface area contributed by atoms with Crippen LogP contribution in [0.1, 0.15) is 23.6 Å². The van der Waals surface area contributed by atoms with Crippen LogP contribution in [0.2, 0.25) is 10.0 Å². The normalized spacial score (nSPS) is 11.1. The van der Waals surface area contributed by atoms with Crippen LogP contribution in [0.15, 0.2) is 91.4 Å². The molecule has 0 amide bonds. The molecule has 0 saturated carbocycles. The Kier molecular flexibility index (Phi) is 7.55. The Morgan fingerprint density at radius 2 is 1.74 bits per heavy atom. The molecule has 3 heterocycles. The monoisotopic (exact) mass is 546 g/mol. The van der Waals surface area contributed by atoms with Gasteiger partial charge < -0.3 is 22.7 Å². The summed E-state index contributed by atoms with van der Waals surface area (Å²) in [6.07, 6.45) is 4.64. The molecule has 0 spiro atoms. The molecular formula is C29H20Cl2N2O5. The van der Waals surface area contributed by atoms with E-state index in [1.54, 1.807) is 54.7 Å². The van der Waals surface area contributed by atoms with Crippen LogP contribution in [-0.2, 0) is 6.61 Å². The average molecular weight is 547 g/mol. The lowest BCUT2D eigenvalue weighted by Gasteiger charge is -2.13. The van der Waals surface area contributed by atoms with Crippen LogP contribution in [0.25, 0.3) is 22.8 Å². The summed E-state index contributed by atoms with van der Waals surface area (Å²) in [5.74, 6) is 2.49. The van der Waals surface area contributed by atoms with Crippen molar-refractivity contribution in [3.8, 4) is 40.4 Å². The van der Waals surface area contributed by atoms with Crippen molar-refractivity contribution < 1.29 is 22.7 Å². The van der Waals surface area contributed by atoms with Crippen molar-refractivity contribution in [3.05, 3.63) is 99.9 Å². The van der Waals surface area contributed by atoms with Gasteiger partial charge in [-0.2, -0.15) is 5.26 Å². The van der Waals surface area contributed by atoms with Gasteiger partial charge in [-0.05, 0) is 67.1 Å². The number of aliphatic imine (C=N–C) groups is 1. The van der Waals surface area contributed by atoms with E-state index in [0.717, 1.165) is 5.56 Å². The molecule has 38 heavy (non-hydrogen) atoms. The highest BCUT2D eigenvalue weighted by atomic mass is 35.5. The Labute approximate surface area is 228 Å². The molecule has 3 aromatic heterocycles. The van der Waals surface area contributed by atoms with Crippen molar-refractivity contribution in [3.63, 3.8) is 0 Å². The smallest absolute Gasteiger partial charge is 0.238 e. The number of hydrogen-bond acceptors (Lipinski definition) is 7. The third-order valence-electron chi connectivity index (χ3n) is 5.51. The van der Waals surface area contributed by atoms with E-state index in [1.807, 2.05) is 19.1 Å². The highest BCUT2D eigenvalue weighted by molar-refractivity contribution is 6.35. The second-order valence-corrected chi connectivity index (χ2v) is 8.82. The molecule has 7 nitrogen and oxygen atoms in total. The lowest BCUT2D eigenvalue weighted by Crippen LogP contribution is -2.01. The quantitative estimate of drug-likeness (QED) is 0.171. The summed E-state index contributed by atoms with van der Waals surface area (Å²) in [7, 11) is 0. The Morgan fingerprint density at radius 3 is 2.42 bits per heavy atom. The summed E-state index contributed by atoms with van der Waals surface area (Å²) in [5, 5.41) is 11.0. The highest BCUT2D eigenvalue weighted by Gasteiger charge is 2.26. The maximum atomic E-state index is 9.93. The Bertz CT molecular complexity index is 1610. The van der Waals surface area contributed by atoms with Gasteiger partial charge in [-0.1, -0.05) is 29.3 Å². The molecule has 9 heteroatoms. The molecule has 5 rings (SSSR count). The van der Waals surface area contributed by atoms with Crippen molar-refractivity contribution in [1.82, 2.24) is 0 Å². The number of ether oxygens (including phenoxy) is 2. The summed E-state index contributed by atoms with van der Waals surface area (Å²) >= 11 is 12.2. The number of nitriles is 1. The van der Waals surface area contributed by atoms with Crippen molar-refractivity contribution in [2.24, 2.45) is 4.99 Å². The van der Waals surface area contributed by atoms with Crippen LogP contribution in [0.3, 0.4) is 0 Å². The van der Waals surface area contributed by atoms with Crippen LogP contribution in [0.4, 0.5) is 5.88 Å². The molecule has 0 aliphatic carbocycles. The Hall–Kier alpha value is -4.38. The van der Waals surface area contributed by atoms with Gasteiger partial charge in [0.2, 0.25) is 5.88 Å². The second kappa shape index (κ2) is 11.3. The summed E-state index contributed by atoms with van der Waals surface area (Å²) in [6, 6.07) is 19.8. The predicted molar refractivity (Wildman–Crippen MR) is 144 cm³/mol. The van der Waals surface area contributed by atoms with E-state index in [2.05, 4.69) is 11.1 Å². The fourth-order valence-corrected chi connectivity index (χ4v) is 4.23. The van der Waals surface area contributed by atoms with Crippen molar-refractivity contribution in [1.29, 1.82) is 5.26 Å². The SMILES string of the molecule is CCOc1cc(C=Nc2oc(-c3ccco3)c(-c3ccco3)c2C#N)ccc1OCc1ccc(Cl)cc1Cl. The van der Waals surface area contributed by atoms with E-state index in [9.17, 15) is 5.26 Å². The first-order valence-corrected chi connectivity index (χ1v) is 12.3. The molecule has 0 saturated heterocycles. The van der Waals surface area contributed by atoms with E-state index >= 15 is 0 Å². The number of nitrogens with zero attached hydrogens (tertiary/aromatic N) is 2. The fraction of sp³-hybridized carbons (Fsp3) is 0.103. The molecule has 2 aromatic carbocycles. The third kappa shape index (κ3) is 5.32. The maximum Gasteiger partial charge on any atom is 0.238 e. The molecule has 0 unspecified atom stereocenters. The molecule has 0 fully saturated rings. The topological polar surface area (TPSA) is 94.0 Å². The van der Waals surface area contributed by atoms with Gasteiger partial charge in [-0.25, -0.2) is 4.99 Å². The van der Waals surface area contributed by atoms with E-state index in [1.165, 1.54) is 12.5 Å². The van der Waals surface area contributed by atoms with Gasteiger partial charge >= 0.3 is 0 Å². The van der Waals surface area contributed by atoms with E-state index < -0.39 is 0 Å². The zero-order valence-electron chi connectivity index (χ0n) is 20.1. The number of hydrogen-bond donors (Lipinski definition) is 0. The predicted octanol–water partition coefficient (Wildman–Crippen LogP) is 8.71. The molecule has 0 aliphatic heterocycles. The molecule has 0 N–H and O–H groups in total. The van der Waals surface area contributed by atoms with Crippen molar-refractivity contribution in [2.45, 2.75) is 13.5 Å². The van der Waals surface area contributed by atoms with Crippen LogP contribution in [-0.4, -0.2) is 12.8 Å². The van der Waals surface area contributed by atoms with Gasteiger partial charge in [0.25, 0.3) is 0 Å². The molecule has 190 valence electrons. The summed E-state index contributed by atoms with van der Waals surface area (Å²) < 4.78 is 28.8. The molecule has 5 aromatic rings. The van der Waals surface area contributed by atoms with Gasteiger partial charge in [0.05, 0.1) is 24.7 Å². The summed E-state index contributed by atoms with van der Waals surface area (Å²) in [4.78, 5) is 4.47. The Balaban J connectivity index is 1.44. The fourth-order valence-electron chi connectivity index (χ4n) is 3.77. The zero-order valence-corrected chi connectivity index (χ0v) is 21.6. The van der Waals surface area contributed by atoms with E-state index in [0.29, 0.717) is 56.6 Å². The molecule has 0 radical (unpaired) electrons. The summed E-state index contributed by atoms with van der Waals surface area (Å²) in [5.41, 5.74) is 2.21. The third-order valence-corrected chi connectivity index (χ3v) is 6.10. The van der Waals surface area contributed by atoms with Crippen LogP contribution >= 0.6 is 23.2 Å². The lowest BCUT2D eigenvalue weighted by atomic mass is 10.1. The molecular weight excluding hydrogens is 527 g/mol. The molecule has 0 aliphatic rings. The van der Waals surface area contributed by atoms with Gasteiger partial charge in [0, 0.05) is 21.8 Å². The van der Waals surface area contributed by atoms with Crippen LogP contribution in [0.5, 0.6) is 11.5 Å². The van der Waals surface area contributed by atoms with Crippen molar-refractivity contribution >= 4 is 35.3 Å². The van der Waals surface area contributed by atoms with E-state index in [4.69, 9.17) is 45.9 Å². The zero-order chi connectivity index (χ0) is 26.5. The molecule has 0 bridgehead atoms. The lowest BCUT2D eigenvalue weighted by molar-refractivity contribution is 0.269. The molecule has 0 atom stereocenters. The highest BCUT2D eigenvalue weighted by Crippen LogP contribution is 2.43. The average Bonchev–Trinajstić information content (AvgIpc) is 3.68. The van der Waals surface area contributed by atoms with Crippen LogP contribution in [0, 0.1) is 11.3 Å². The largest absolute Gasteiger partial charge is 0.490 e. The first-order chi connectivity index (χ1) is 18.6. The minimum Gasteiger partial charge on any atom is -0.490 e. The van der Waals surface area contributed by atoms with E-state index in [-0.39, 0.29) is 18.1 Å². The first kappa shape index (κ1) is 25.3. The van der Waals surface area contributed by atoms with Gasteiger partial charge in [-0.3, -0.25) is 0 Å². The number of rotatable bonds is 9. The maximum absolute atomic E-state index is 9.93. The second-order valence-electron chi connectivity index (χ2n) is 7.97.